The van der Waals surface area contributed by atoms with E-state index in [1.54, 1.807) is 19.1 Å². The Kier molecular flexibility index (Phi) is 5.12. The minimum Gasteiger partial charge on any atom is -0.508 e. The van der Waals surface area contributed by atoms with Crippen LogP contribution in [-0.4, -0.2) is 22.9 Å². The number of aryl methyl sites for hydroxylation is 1. The summed E-state index contributed by atoms with van der Waals surface area (Å²) in [6.07, 6.45) is 2.90. The van der Waals surface area contributed by atoms with Crippen LogP contribution in [0.3, 0.4) is 0 Å². The first-order valence-corrected chi connectivity index (χ1v) is 5.76. The molecule has 1 atom stereocenters. The van der Waals surface area contributed by atoms with Crippen molar-refractivity contribution in [1.82, 2.24) is 0 Å². The van der Waals surface area contributed by atoms with Crippen LogP contribution in [0.25, 0.3) is 0 Å². The van der Waals surface area contributed by atoms with Crippen LogP contribution < -0.4 is 4.74 Å². The third-order valence-corrected chi connectivity index (χ3v) is 2.44. The minimum atomic E-state index is -0.248. The SMILES string of the molecule is CCCCc1ccc(O)cc1OC(C)CO. The van der Waals surface area contributed by atoms with Gasteiger partial charge in [0.05, 0.1) is 6.61 Å². The molecule has 1 unspecified atom stereocenters. The van der Waals surface area contributed by atoms with Crippen molar-refractivity contribution in [3.63, 3.8) is 0 Å². The van der Waals surface area contributed by atoms with Crippen molar-refractivity contribution in [1.29, 1.82) is 0 Å². The molecule has 0 aromatic heterocycles. The van der Waals surface area contributed by atoms with E-state index >= 15 is 0 Å². The molecule has 1 aromatic rings. The number of phenols is 1. The van der Waals surface area contributed by atoms with E-state index in [4.69, 9.17) is 9.84 Å². The molecule has 0 aliphatic heterocycles. The summed E-state index contributed by atoms with van der Waals surface area (Å²) in [4.78, 5) is 0. The van der Waals surface area contributed by atoms with Gasteiger partial charge >= 0.3 is 0 Å². The van der Waals surface area contributed by atoms with Gasteiger partial charge in [0.1, 0.15) is 17.6 Å². The lowest BCUT2D eigenvalue weighted by Gasteiger charge is -2.15. The third kappa shape index (κ3) is 3.74. The lowest BCUT2D eigenvalue weighted by Crippen LogP contribution is -2.17. The summed E-state index contributed by atoms with van der Waals surface area (Å²) in [6.45, 7) is 3.91. The number of aliphatic hydroxyl groups excluding tert-OH is 1. The number of hydrogen-bond acceptors (Lipinski definition) is 3. The molecule has 16 heavy (non-hydrogen) atoms. The van der Waals surface area contributed by atoms with Gasteiger partial charge in [0, 0.05) is 6.07 Å². The zero-order valence-corrected chi connectivity index (χ0v) is 9.94. The van der Waals surface area contributed by atoms with Gasteiger partial charge in [-0.3, -0.25) is 0 Å². The van der Waals surface area contributed by atoms with Gasteiger partial charge in [-0.1, -0.05) is 19.4 Å². The molecule has 0 saturated carbocycles. The van der Waals surface area contributed by atoms with Crippen LogP contribution in [0, 0.1) is 0 Å². The number of ether oxygens (including phenoxy) is 1. The number of aromatic hydroxyl groups is 1. The average Bonchev–Trinajstić information content (AvgIpc) is 2.28. The molecule has 3 heteroatoms. The smallest absolute Gasteiger partial charge is 0.126 e. The highest BCUT2D eigenvalue weighted by atomic mass is 16.5. The molecule has 0 spiro atoms. The second-order valence-corrected chi connectivity index (χ2v) is 4.01. The molecule has 0 heterocycles. The fourth-order valence-electron chi connectivity index (χ4n) is 1.48. The summed E-state index contributed by atoms with van der Waals surface area (Å²) in [7, 11) is 0. The Morgan fingerprint density at radius 1 is 1.38 bits per heavy atom. The Morgan fingerprint density at radius 3 is 2.75 bits per heavy atom. The highest BCUT2D eigenvalue weighted by Gasteiger charge is 2.08. The maximum atomic E-state index is 9.41. The van der Waals surface area contributed by atoms with Crippen LogP contribution in [0.2, 0.25) is 0 Å². The minimum absolute atomic E-state index is 0.0249. The van der Waals surface area contributed by atoms with Crippen LogP contribution in [0.15, 0.2) is 18.2 Å². The van der Waals surface area contributed by atoms with Gasteiger partial charge in [-0.2, -0.15) is 0 Å². The number of unbranched alkanes of at least 4 members (excludes halogenated alkanes) is 1. The Bertz CT molecular complexity index is 323. The molecular formula is C13H20O3. The molecular weight excluding hydrogens is 204 g/mol. The Hall–Kier alpha value is -1.22. The molecule has 0 aliphatic carbocycles. The molecule has 0 bridgehead atoms. The summed E-state index contributed by atoms with van der Waals surface area (Å²) in [5, 5.41) is 18.4. The number of phenolic OH excluding ortho intramolecular Hbond substituents is 1. The summed E-state index contributed by atoms with van der Waals surface area (Å²) in [5.41, 5.74) is 1.08. The van der Waals surface area contributed by atoms with Crippen LogP contribution in [-0.2, 0) is 6.42 Å². The van der Waals surface area contributed by atoms with Gasteiger partial charge in [-0.15, -0.1) is 0 Å². The van der Waals surface area contributed by atoms with E-state index in [-0.39, 0.29) is 18.5 Å². The van der Waals surface area contributed by atoms with Crippen molar-refractivity contribution >= 4 is 0 Å². The molecule has 0 radical (unpaired) electrons. The van der Waals surface area contributed by atoms with E-state index in [9.17, 15) is 5.11 Å². The molecule has 3 nitrogen and oxygen atoms in total. The normalized spacial score (nSPS) is 12.4. The van der Waals surface area contributed by atoms with Crippen molar-refractivity contribution < 1.29 is 14.9 Å². The van der Waals surface area contributed by atoms with Crippen molar-refractivity contribution in [2.24, 2.45) is 0 Å². The van der Waals surface area contributed by atoms with E-state index in [0.717, 1.165) is 24.8 Å². The topological polar surface area (TPSA) is 49.7 Å². The van der Waals surface area contributed by atoms with Crippen LogP contribution >= 0.6 is 0 Å². The zero-order valence-electron chi connectivity index (χ0n) is 9.94. The van der Waals surface area contributed by atoms with Gasteiger partial charge in [-0.05, 0) is 31.4 Å². The summed E-state index contributed by atoms with van der Waals surface area (Å²) in [6, 6.07) is 5.16. The lowest BCUT2D eigenvalue weighted by atomic mass is 10.1. The van der Waals surface area contributed by atoms with E-state index in [2.05, 4.69) is 6.92 Å². The standard InChI is InChI=1S/C13H20O3/c1-3-4-5-11-6-7-12(15)8-13(11)16-10(2)9-14/h6-8,10,14-15H,3-5,9H2,1-2H3. The predicted octanol–water partition coefficient (Wildman–Crippen LogP) is 2.49. The van der Waals surface area contributed by atoms with Gasteiger partial charge in [-0.25, -0.2) is 0 Å². The van der Waals surface area contributed by atoms with Gasteiger partial charge in [0.2, 0.25) is 0 Å². The Balaban J connectivity index is 2.80. The molecule has 0 fully saturated rings. The largest absolute Gasteiger partial charge is 0.508 e. The molecule has 1 aromatic carbocycles. The quantitative estimate of drug-likeness (QED) is 0.780. The second-order valence-electron chi connectivity index (χ2n) is 4.01. The maximum absolute atomic E-state index is 9.41. The van der Waals surface area contributed by atoms with Gasteiger partial charge in [0.25, 0.3) is 0 Å². The van der Waals surface area contributed by atoms with Crippen molar-refractivity contribution in [3.8, 4) is 11.5 Å². The summed E-state index contributed by atoms with van der Waals surface area (Å²) < 4.78 is 5.56. The maximum Gasteiger partial charge on any atom is 0.126 e. The van der Waals surface area contributed by atoms with E-state index in [0.29, 0.717) is 5.75 Å². The van der Waals surface area contributed by atoms with Crippen molar-refractivity contribution in [3.05, 3.63) is 23.8 Å². The molecule has 90 valence electrons. The second kappa shape index (κ2) is 6.38. The Labute approximate surface area is 96.7 Å². The molecule has 0 aliphatic rings. The number of rotatable bonds is 6. The highest BCUT2D eigenvalue weighted by molar-refractivity contribution is 5.40. The Morgan fingerprint density at radius 2 is 2.12 bits per heavy atom. The average molecular weight is 224 g/mol. The number of aliphatic hydroxyl groups is 1. The first kappa shape index (κ1) is 12.8. The van der Waals surface area contributed by atoms with Crippen molar-refractivity contribution in [2.75, 3.05) is 6.61 Å². The van der Waals surface area contributed by atoms with Crippen LogP contribution in [0.5, 0.6) is 11.5 Å². The fourth-order valence-corrected chi connectivity index (χ4v) is 1.48. The van der Waals surface area contributed by atoms with Gasteiger partial charge in [0.15, 0.2) is 0 Å². The fraction of sp³-hybridized carbons (Fsp3) is 0.538. The molecule has 2 N–H and O–H groups in total. The summed E-state index contributed by atoms with van der Waals surface area (Å²) >= 11 is 0. The summed E-state index contributed by atoms with van der Waals surface area (Å²) in [5.74, 6) is 0.871. The highest BCUT2D eigenvalue weighted by Crippen LogP contribution is 2.26. The molecule has 0 amide bonds. The monoisotopic (exact) mass is 224 g/mol. The molecule has 1 rings (SSSR count). The van der Waals surface area contributed by atoms with E-state index < -0.39 is 0 Å². The van der Waals surface area contributed by atoms with Crippen LogP contribution in [0.1, 0.15) is 32.3 Å². The third-order valence-electron chi connectivity index (χ3n) is 2.44. The molecule has 0 saturated heterocycles. The van der Waals surface area contributed by atoms with Gasteiger partial charge < -0.3 is 14.9 Å². The van der Waals surface area contributed by atoms with Crippen molar-refractivity contribution in [2.45, 2.75) is 39.2 Å². The number of hydrogen-bond donors (Lipinski definition) is 2. The van der Waals surface area contributed by atoms with Crippen LogP contribution in [0.4, 0.5) is 0 Å². The predicted molar refractivity (Wildman–Crippen MR) is 63.9 cm³/mol. The van der Waals surface area contributed by atoms with E-state index in [1.807, 2.05) is 6.07 Å². The lowest BCUT2D eigenvalue weighted by molar-refractivity contribution is 0.128. The van der Waals surface area contributed by atoms with E-state index in [1.165, 1.54) is 0 Å². The number of benzene rings is 1. The zero-order chi connectivity index (χ0) is 12.0. The first-order valence-electron chi connectivity index (χ1n) is 5.76. The first-order chi connectivity index (χ1) is 7.67.